The number of pyridine rings is 1. The number of nitrogens with two attached hydrogens (primary N) is 1. The van der Waals surface area contributed by atoms with Gasteiger partial charge in [0, 0.05) is 37.8 Å². The van der Waals surface area contributed by atoms with E-state index >= 15 is 0 Å². The van der Waals surface area contributed by atoms with Gasteiger partial charge in [-0.3, -0.25) is 0 Å². The third-order valence-electron chi connectivity index (χ3n) is 4.68. The van der Waals surface area contributed by atoms with Crippen molar-refractivity contribution in [3.63, 3.8) is 0 Å². The summed E-state index contributed by atoms with van der Waals surface area (Å²) in [4.78, 5) is 9.29. The number of nitrogens with one attached hydrogen (secondary N) is 1. The lowest BCUT2D eigenvalue weighted by molar-refractivity contribution is 0.199. The van der Waals surface area contributed by atoms with Crippen LogP contribution in [0.1, 0.15) is 32.0 Å². The molecule has 0 radical (unpaired) electrons. The number of imidazole rings is 1. The molecule has 8 heteroatoms. The van der Waals surface area contributed by atoms with Gasteiger partial charge in [0.1, 0.15) is 11.3 Å². The highest BCUT2D eigenvalue weighted by Gasteiger charge is 2.16. The van der Waals surface area contributed by atoms with E-state index in [-0.39, 0.29) is 0 Å². The van der Waals surface area contributed by atoms with Crippen LogP contribution >= 0.6 is 0 Å². The van der Waals surface area contributed by atoms with Gasteiger partial charge in [0.15, 0.2) is 5.82 Å². The lowest BCUT2D eigenvalue weighted by Gasteiger charge is -2.11. The normalized spacial score (nSPS) is 12.8. The number of ether oxygens (including phenoxy) is 1. The number of fused-ring (bicyclic) bond motifs is 3. The van der Waals surface area contributed by atoms with E-state index in [1.165, 1.54) is 0 Å². The molecule has 152 valence electrons. The number of rotatable bonds is 11. The van der Waals surface area contributed by atoms with E-state index in [4.69, 9.17) is 15.5 Å². The summed E-state index contributed by atoms with van der Waals surface area (Å²) in [6.07, 6.45) is 3.54. The number of nitrogen functional groups attached to an aromatic ring is 1. The van der Waals surface area contributed by atoms with Gasteiger partial charge in [0.2, 0.25) is 0 Å². The number of methoxy groups -OCH3 is 1. The molecule has 0 fully saturated rings. The Bertz CT molecular complexity index is 957. The third kappa shape index (κ3) is 4.68. The maximum atomic E-state index is 11.7. The Labute approximate surface area is 168 Å². The Morgan fingerprint density at radius 2 is 2.07 bits per heavy atom. The minimum Gasteiger partial charge on any atom is -0.384 e. The fraction of sp³-hybridized carbons (Fsp3) is 0.500. The predicted molar refractivity (Wildman–Crippen MR) is 116 cm³/mol. The molecule has 0 aliphatic carbocycles. The van der Waals surface area contributed by atoms with Crippen LogP contribution in [0, 0.1) is 0 Å². The number of hydrogen-bond acceptors (Lipinski definition) is 5. The summed E-state index contributed by atoms with van der Waals surface area (Å²) >= 11 is 0. The Morgan fingerprint density at radius 1 is 1.25 bits per heavy atom. The monoisotopic (exact) mass is 403 g/mol. The highest BCUT2D eigenvalue weighted by molar-refractivity contribution is 7.83. The average molecular weight is 404 g/mol. The van der Waals surface area contributed by atoms with Crippen LogP contribution in [0.2, 0.25) is 0 Å². The van der Waals surface area contributed by atoms with Gasteiger partial charge in [-0.05, 0) is 25.3 Å². The molecule has 3 rings (SSSR count). The van der Waals surface area contributed by atoms with E-state index in [1.54, 1.807) is 7.11 Å². The summed E-state index contributed by atoms with van der Waals surface area (Å²) in [5, 5.41) is 1.06. The van der Waals surface area contributed by atoms with Crippen LogP contribution in [0.25, 0.3) is 21.9 Å². The minimum atomic E-state index is -0.923. The fourth-order valence-corrected chi connectivity index (χ4v) is 4.26. The molecule has 28 heavy (non-hydrogen) atoms. The zero-order chi connectivity index (χ0) is 19.9. The van der Waals surface area contributed by atoms with Crippen LogP contribution in [0.5, 0.6) is 0 Å². The molecule has 0 amide bonds. The first-order chi connectivity index (χ1) is 13.7. The fourth-order valence-electron chi connectivity index (χ4n) is 3.37. The van der Waals surface area contributed by atoms with Crippen molar-refractivity contribution in [1.82, 2.24) is 19.3 Å². The summed E-state index contributed by atoms with van der Waals surface area (Å²) in [7, 11) is 0.772. The second kappa shape index (κ2) is 9.95. The Hall–Kier alpha value is -2.03. The number of unbranched alkanes of at least 4 members (excludes halogenated alkanes) is 1. The molecule has 3 N–H and O–H groups in total. The summed E-state index contributed by atoms with van der Waals surface area (Å²) in [6, 6.07) is 8.02. The first kappa shape index (κ1) is 20.7. The van der Waals surface area contributed by atoms with Crippen molar-refractivity contribution in [2.75, 3.05) is 31.7 Å². The van der Waals surface area contributed by atoms with Gasteiger partial charge >= 0.3 is 0 Å². The molecule has 0 bridgehead atoms. The molecule has 7 nitrogen and oxygen atoms in total. The number of hydrogen-bond donors (Lipinski definition) is 2. The van der Waals surface area contributed by atoms with Gasteiger partial charge in [-0.25, -0.2) is 18.9 Å². The predicted octanol–water partition coefficient (Wildman–Crippen LogP) is 2.80. The molecule has 1 unspecified atom stereocenters. The molecule has 0 saturated heterocycles. The van der Waals surface area contributed by atoms with Crippen LogP contribution in [-0.2, 0) is 28.7 Å². The van der Waals surface area contributed by atoms with Gasteiger partial charge in [-0.2, -0.15) is 0 Å². The van der Waals surface area contributed by atoms with Crippen molar-refractivity contribution in [3.8, 4) is 0 Å². The van der Waals surface area contributed by atoms with Crippen LogP contribution in [-0.4, -0.2) is 44.8 Å². The Morgan fingerprint density at radius 3 is 2.86 bits per heavy atom. The van der Waals surface area contributed by atoms with Gasteiger partial charge in [-0.1, -0.05) is 25.1 Å². The molecule has 0 spiro atoms. The summed E-state index contributed by atoms with van der Waals surface area (Å²) in [5.74, 6) is 2.12. The number of benzene rings is 1. The molecular weight excluding hydrogens is 374 g/mol. The summed E-state index contributed by atoms with van der Waals surface area (Å²) < 4.78 is 22.3. The topological polar surface area (TPSA) is 95.1 Å². The Kier molecular flexibility index (Phi) is 7.36. The minimum absolute atomic E-state index is 0.461. The Balaban J connectivity index is 1.85. The molecule has 1 aromatic carbocycles. The number of anilines is 1. The zero-order valence-corrected chi connectivity index (χ0v) is 17.4. The van der Waals surface area contributed by atoms with E-state index in [2.05, 4.69) is 20.3 Å². The first-order valence-corrected chi connectivity index (χ1v) is 11.1. The van der Waals surface area contributed by atoms with Crippen molar-refractivity contribution in [2.24, 2.45) is 0 Å². The number of nitrogens with zero attached hydrogens (tertiary/aromatic N) is 3. The van der Waals surface area contributed by atoms with E-state index in [1.807, 2.05) is 25.1 Å². The van der Waals surface area contributed by atoms with Crippen LogP contribution in [0.3, 0.4) is 0 Å². The van der Waals surface area contributed by atoms with Crippen molar-refractivity contribution in [1.29, 1.82) is 0 Å². The van der Waals surface area contributed by atoms with Crippen molar-refractivity contribution >= 4 is 38.7 Å². The van der Waals surface area contributed by atoms with Crippen LogP contribution in [0.15, 0.2) is 24.3 Å². The molecule has 2 heterocycles. The maximum absolute atomic E-state index is 11.7. The second-order valence-electron chi connectivity index (χ2n) is 6.78. The molecule has 2 aromatic heterocycles. The summed E-state index contributed by atoms with van der Waals surface area (Å²) in [5.41, 5.74) is 8.88. The molecule has 0 saturated carbocycles. The van der Waals surface area contributed by atoms with E-state index in [0.29, 0.717) is 18.2 Å². The molecule has 0 aliphatic heterocycles. The average Bonchev–Trinajstić information content (AvgIpc) is 3.06. The number of aryl methyl sites for hydroxylation is 1. The van der Waals surface area contributed by atoms with Crippen molar-refractivity contribution < 1.29 is 8.95 Å². The molecular formula is C20H29N5O2S. The van der Waals surface area contributed by atoms with E-state index < -0.39 is 11.0 Å². The smallest absolute Gasteiger partial charge is 0.152 e. The lowest BCUT2D eigenvalue weighted by atomic mass is 10.2. The summed E-state index contributed by atoms with van der Waals surface area (Å²) in [6.45, 7) is 4.21. The van der Waals surface area contributed by atoms with Gasteiger partial charge in [0.25, 0.3) is 0 Å². The SMILES string of the molecule is CCCS(=O)NCCCCn1c(CCOC)nc2c(N)nc3ccccc3c21. The second-order valence-corrected chi connectivity index (χ2v) is 8.17. The van der Waals surface area contributed by atoms with Crippen LogP contribution in [0.4, 0.5) is 5.82 Å². The van der Waals surface area contributed by atoms with Crippen molar-refractivity contribution in [3.05, 3.63) is 30.1 Å². The highest BCUT2D eigenvalue weighted by atomic mass is 32.2. The largest absolute Gasteiger partial charge is 0.384 e. The maximum Gasteiger partial charge on any atom is 0.152 e. The number of para-hydroxylation sites is 1. The molecule has 0 aliphatic rings. The third-order valence-corrected chi connectivity index (χ3v) is 5.99. The van der Waals surface area contributed by atoms with Gasteiger partial charge in [-0.15, -0.1) is 0 Å². The number of aromatic nitrogens is 3. The molecule has 3 aromatic rings. The first-order valence-electron chi connectivity index (χ1n) is 9.79. The quantitative estimate of drug-likeness (QED) is 0.480. The van der Waals surface area contributed by atoms with E-state index in [0.717, 1.165) is 66.5 Å². The lowest BCUT2D eigenvalue weighted by Crippen LogP contribution is -2.21. The van der Waals surface area contributed by atoms with Gasteiger partial charge < -0.3 is 15.0 Å². The molecule has 1 atom stereocenters. The zero-order valence-electron chi connectivity index (χ0n) is 16.6. The highest BCUT2D eigenvalue weighted by Crippen LogP contribution is 2.29. The van der Waals surface area contributed by atoms with Crippen LogP contribution < -0.4 is 10.5 Å². The standard InChI is InChI=1S/C20H29N5O2S/c1-3-14-28(26)22-11-6-7-12-25-17(10-13-27-2)24-18-19(25)15-8-4-5-9-16(15)23-20(18)21/h4-5,8-9,22H,3,6-7,10-14H2,1-2H3,(H2,21,23). The van der Waals surface area contributed by atoms with E-state index in [9.17, 15) is 4.21 Å². The van der Waals surface area contributed by atoms with Crippen molar-refractivity contribution in [2.45, 2.75) is 39.2 Å². The van der Waals surface area contributed by atoms with Gasteiger partial charge in [0.05, 0.1) is 28.6 Å².